The van der Waals surface area contributed by atoms with Gasteiger partial charge in [0.1, 0.15) is 11.8 Å². The number of rotatable bonds is 3. The van der Waals surface area contributed by atoms with Crippen molar-refractivity contribution in [2.45, 2.75) is 12.8 Å². The summed E-state index contributed by atoms with van der Waals surface area (Å²) >= 11 is 0. The van der Waals surface area contributed by atoms with Gasteiger partial charge in [-0.15, -0.1) is 0 Å². The van der Waals surface area contributed by atoms with E-state index in [2.05, 4.69) is 0 Å². The molecule has 0 saturated heterocycles. The second-order valence-electron chi connectivity index (χ2n) is 6.03. The number of Topliss-reactive ketones (excluding diaryl/α,β-unsaturated/α-hetero) is 4. The number of carbonyl (C=O) groups is 4. The van der Waals surface area contributed by atoms with Crippen molar-refractivity contribution in [1.82, 2.24) is 0 Å². The lowest BCUT2D eigenvalue weighted by Crippen LogP contribution is -2.47. The van der Waals surface area contributed by atoms with Gasteiger partial charge in [0.2, 0.25) is 23.1 Å². The minimum atomic E-state index is -1.32. The van der Waals surface area contributed by atoms with Crippen LogP contribution in [-0.4, -0.2) is 23.1 Å². The Balaban J connectivity index is 1.96. The van der Waals surface area contributed by atoms with Crippen LogP contribution in [0, 0.1) is 5.92 Å². The number of benzene rings is 2. The molecule has 0 unspecified atom stereocenters. The number of ketones is 4. The summed E-state index contributed by atoms with van der Waals surface area (Å²) in [5.74, 6) is -5.91. The predicted octanol–water partition coefficient (Wildman–Crippen LogP) is 2.78. The molecule has 1 aliphatic rings. The Morgan fingerprint density at radius 3 is 1.72 bits per heavy atom. The van der Waals surface area contributed by atoms with Crippen molar-refractivity contribution in [3.8, 4) is 0 Å². The van der Waals surface area contributed by atoms with E-state index in [0.29, 0.717) is 11.1 Å². The van der Waals surface area contributed by atoms with Gasteiger partial charge in [0, 0.05) is 0 Å². The molecule has 1 fully saturated rings. The van der Waals surface area contributed by atoms with Crippen LogP contribution in [0.4, 0.5) is 0 Å². The standard InChI is InChI=1S/C21H16O4/c1-13(12-14-8-4-2-5-9-14)16-18(22)20(24)17(21(25)19(16)23)15-10-6-3-7-11-15/h2-12,16-17H,1H3. The Kier molecular flexibility index (Phi) is 4.52. The SMILES string of the molecule is CC(=Cc1ccccc1)C1C(=O)C(=O)C(c2ccccc2)C(=O)C1=O. The van der Waals surface area contributed by atoms with Gasteiger partial charge in [-0.05, 0) is 18.1 Å². The molecular weight excluding hydrogens is 316 g/mol. The monoisotopic (exact) mass is 332 g/mol. The fraction of sp³-hybridized carbons (Fsp3) is 0.143. The van der Waals surface area contributed by atoms with Crippen LogP contribution < -0.4 is 0 Å². The smallest absolute Gasteiger partial charge is 0.214 e. The van der Waals surface area contributed by atoms with Crippen molar-refractivity contribution in [1.29, 1.82) is 0 Å². The maximum absolute atomic E-state index is 12.5. The molecule has 0 bridgehead atoms. The Bertz CT molecular complexity index is 851. The van der Waals surface area contributed by atoms with Gasteiger partial charge in [0.25, 0.3) is 0 Å². The maximum Gasteiger partial charge on any atom is 0.214 e. The highest BCUT2D eigenvalue weighted by molar-refractivity contribution is 6.62. The molecule has 2 aromatic carbocycles. The fourth-order valence-electron chi connectivity index (χ4n) is 3.06. The molecule has 0 atom stereocenters. The second kappa shape index (κ2) is 6.77. The van der Waals surface area contributed by atoms with E-state index in [-0.39, 0.29) is 0 Å². The molecule has 0 N–H and O–H groups in total. The zero-order chi connectivity index (χ0) is 18.0. The highest BCUT2D eigenvalue weighted by Gasteiger charge is 2.49. The molecule has 0 spiro atoms. The lowest BCUT2D eigenvalue weighted by atomic mass is 9.72. The van der Waals surface area contributed by atoms with Gasteiger partial charge < -0.3 is 0 Å². The van der Waals surface area contributed by atoms with E-state index in [1.54, 1.807) is 43.3 Å². The molecular formula is C21H16O4. The van der Waals surface area contributed by atoms with Gasteiger partial charge in [0.05, 0.1) is 0 Å². The summed E-state index contributed by atoms with van der Waals surface area (Å²) < 4.78 is 0. The molecule has 25 heavy (non-hydrogen) atoms. The molecule has 0 aromatic heterocycles. The first-order chi connectivity index (χ1) is 12.0. The number of hydrogen-bond acceptors (Lipinski definition) is 4. The average molecular weight is 332 g/mol. The molecule has 0 heterocycles. The summed E-state index contributed by atoms with van der Waals surface area (Å²) in [5.41, 5.74) is 1.57. The van der Waals surface area contributed by atoms with Crippen molar-refractivity contribution in [3.63, 3.8) is 0 Å². The number of hydrogen-bond donors (Lipinski definition) is 0. The third-order valence-corrected chi connectivity index (χ3v) is 4.32. The number of carbonyl (C=O) groups excluding carboxylic acids is 4. The average Bonchev–Trinajstić information content (AvgIpc) is 2.62. The molecule has 3 rings (SSSR count). The van der Waals surface area contributed by atoms with Gasteiger partial charge >= 0.3 is 0 Å². The molecule has 124 valence electrons. The third kappa shape index (κ3) is 3.11. The van der Waals surface area contributed by atoms with E-state index in [1.165, 1.54) is 0 Å². The van der Waals surface area contributed by atoms with Crippen LogP contribution in [0.25, 0.3) is 6.08 Å². The highest BCUT2D eigenvalue weighted by Crippen LogP contribution is 2.30. The second-order valence-corrected chi connectivity index (χ2v) is 6.03. The van der Waals surface area contributed by atoms with E-state index in [4.69, 9.17) is 0 Å². The largest absolute Gasteiger partial charge is 0.290 e. The van der Waals surface area contributed by atoms with E-state index in [1.807, 2.05) is 30.3 Å². The van der Waals surface area contributed by atoms with Crippen molar-refractivity contribution in [2.75, 3.05) is 0 Å². The van der Waals surface area contributed by atoms with Crippen LogP contribution in [0.5, 0.6) is 0 Å². The van der Waals surface area contributed by atoms with Crippen molar-refractivity contribution < 1.29 is 19.2 Å². The lowest BCUT2D eigenvalue weighted by Gasteiger charge is -2.24. The Morgan fingerprint density at radius 1 is 0.720 bits per heavy atom. The molecule has 4 heteroatoms. The molecule has 4 nitrogen and oxygen atoms in total. The summed E-state index contributed by atoms with van der Waals surface area (Å²) in [6, 6.07) is 17.4. The van der Waals surface area contributed by atoms with E-state index < -0.39 is 35.0 Å². The normalized spacial score (nSPS) is 21.6. The number of allylic oxidation sites excluding steroid dienone is 1. The summed E-state index contributed by atoms with van der Waals surface area (Å²) in [5, 5.41) is 0. The van der Waals surface area contributed by atoms with Gasteiger partial charge in [-0.25, -0.2) is 0 Å². The Hall–Kier alpha value is -3.14. The van der Waals surface area contributed by atoms with Gasteiger partial charge in [0.15, 0.2) is 0 Å². The third-order valence-electron chi connectivity index (χ3n) is 4.32. The minimum absolute atomic E-state index is 0.377. The first kappa shape index (κ1) is 16.7. The Morgan fingerprint density at radius 2 is 1.20 bits per heavy atom. The van der Waals surface area contributed by atoms with Crippen LogP contribution in [0.1, 0.15) is 24.0 Å². The van der Waals surface area contributed by atoms with E-state index in [9.17, 15) is 19.2 Å². The first-order valence-corrected chi connectivity index (χ1v) is 7.95. The van der Waals surface area contributed by atoms with E-state index in [0.717, 1.165) is 5.56 Å². The van der Waals surface area contributed by atoms with Crippen LogP contribution >= 0.6 is 0 Å². The molecule has 0 aliphatic heterocycles. The summed E-state index contributed by atoms with van der Waals surface area (Å²) in [4.78, 5) is 50.1. The fourth-order valence-corrected chi connectivity index (χ4v) is 3.06. The van der Waals surface area contributed by atoms with Gasteiger partial charge in [-0.3, -0.25) is 19.2 Å². The maximum atomic E-state index is 12.5. The summed E-state index contributed by atoms with van der Waals surface area (Å²) in [7, 11) is 0. The summed E-state index contributed by atoms with van der Waals surface area (Å²) in [6.45, 7) is 1.59. The minimum Gasteiger partial charge on any atom is -0.290 e. The molecule has 1 saturated carbocycles. The van der Waals surface area contributed by atoms with Gasteiger partial charge in [-0.2, -0.15) is 0 Å². The molecule has 1 aliphatic carbocycles. The molecule has 0 radical (unpaired) electrons. The lowest BCUT2D eigenvalue weighted by molar-refractivity contribution is -0.152. The van der Waals surface area contributed by atoms with Crippen molar-refractivity contribution in [2.24, 2.45) is 5.92 Å². The highest BCUT2D eigenvalue weighted by atomic mass is 16.2. The quantitative estimate of drug-likeness (QED) is 0.640. The van der Waals surface area contributed by atoms with Gasteiger partial charge in [-0.1, -0.05) is 72.3 Å². The topological polar surface area (TPSA) is 68.3 Å². The van der Waals surface area contributed by atoms with Crippen molar-refractivity contribution in [3.05, 3.63) is 77.4 Å². The first-order valence-electron chi connectivity index (χ1n) is 7.95. The van der Waals surface area contributed by atoms with Crippen LogP contribution in [0.3, 0.4) is 0 Å². The summed E-state index contributed by atoms with van der Waals surface area (Å²) in [6.07, 6.45) is 1.66. The zero-order valence-electron chi connectivity index (χ0n) is 13.6. The van der Waals surface area contributed by atoms with Crippen LogP contribution in [0.15, 0.2) is 66.2 Å². The van der Waals surface area contributed by atoms with Crippen LogP contribution in [-0.2, 0) is 19.2 Å². The molecule has 2 aromatic rings. The van der Waals surface area contributed by atoms with Crippen molar-refractivity contribution >= 4 is 29.2 Å². The Labute approximate surface area is 145 Å². The van der Waals surface area contributed by atoms with E-state index >= 15 is 0 Å². The van der Waals surface area contributed by atoms with Crippen LogP contribution in [0.2, 0.25) is 0 Å². The zero-order valence-corrected chi connectivity index (χ0v) is 13.6. The predicted molar refractivity (Wildman–Crippen MR) is 92.8 cm³/mol. The molecule has 0 amide bonds.